The minimum absolute atomic E-state index is 0.0481. The predicted molar refractivity (Wildman–Crippen MR) is 135 cm³/mol. The summed E-state index contributed by atoms with van der Waals surface area (Å²) in [4.78, 5) is 13.1. The van der Waals surface area contributed by atoms with E-state index in [9.17, 15) is 13.2 Å². The standard InChI is InChI=1S/C25H26Cl2N2O3S/c1-16-12-18(3)22(13-17(16)2)19(4)28-25(30)15-29(24-14-20(26)10-11-23(24)27)33(31,32)21-8-6-5-7-9-21/h5-14,19H,15H2,1-4H3,(H,28,30)/t19-/m0/s1. The van der Waals surface area contributed by atoms with Crippen LogP contribution in [0.3, 0.4) is 0 Å². The van der Waals surface area contributed by atoms with Crippen LogP contribution in [-0.4, -0.2) is 20.9 Å². The smallest absolute Gasteiger partial charge is 0.264 e. The number of benzene rings is 3. The molecule has 174 valence electrons. The van der Waals surface area contributed by atoms with E-state index in [1.54, 1.807) is 24.3 Å². The number of carbonyl (C=O) groups excluding carboxylic acids is 1. The molecule has 0 saturated heterocycles. The molecule has 1 N–H and O–H groups in total. The Morgan fingerprint density at radius 3 is 2.24 bits per heavy atom. The van der Waals surface area contributed by atoms with E-state index in [-0.39, 0.29) is 21.6 Å². The van der Waals surface area contributed by atoms with E-state index in [2.05, 4.69) is 11.4 Å². The largest absolute Gasteiger partial charge is 0.348 e. The number of anilines is 1. The van der Waals surface area contributed by atoms with Gasteiger partial charge in [0, 0.05) is 5.02 Å². The van der Waals surface area contributed by atoms with Gasteiger partial charge in [0.1, 0.15) is 6.54 Å². The topological polar surface area (TPSA) is 66.5 Å². The maximum Gasteiger partial charge on any atom is 0.264 e. The highest BCUT2D eigenvalue weighted by Gasteiger charge is 2.29. The van der Waals surface area contributed by atoms with Crippen LogP contribution in [0.4, 0.5) is 5.69 Å². The number of amides is 1. The zero-order chi connectivity index (χ0) is 24.3. The summed E-state index contributed by atoms with van der Waals surface area (Å²) in [5.74, 6) is -0.462. The minimum atomic E-state index is -4.08. The zero-order valence-electron chi connectivity index (χ0n) is 18.9. The van der Waals surface area contributed by atoms with Gasteiger partial charge in [-0.3, -0.25) is 9.10 Å². The van der Waals surface area contributed by atoms with Gasteiger partial charge in [0.15, 0.2) is 0 Å². The molecule has 0 aromatic heterocycles. The van der Waals surface area contributed by atoms with E-state index < -0.39 is 22.5 Å². The predicted octanol–water partition coefficient (Wildman–Crippen LogP) is 5.99. The molecular weight excluding hydrogens is 479 g/mol. The molecule has 0 aliphatic carbocycles. The Morgan fingerprint density at radius 1 is 0.939 bits per heavy atom. The average molecular weight is 505 g/mol. The van der Waals surface area contributed by atoms with E-state index in [0.29, 0.717) is 5.02 Å². The molecule has 1 amide bonds. The van der Waals surface area contributed by atoms with Gasteiger partial charge in [-0.05, 0) is 80.3 Å². The van der Waals surface area contributed by atoms with E-state index >= 15 is 0 Å². The maximum atomic E-state index is 13.5. The normalized spacial score (nSPS) is 12.3. The Labute approximate surface area is 205 Å². The summed E-state index contributed by atoms with van der Waals surface area (Å²) in [7, 11) is -4.08. The molecule has 0 spiro atoms. The van der Waals surface area contributed by atoms with Crippen LogP contribution in [0.25, 0.3) is 0 Å². The lowest BCUT2D eigenvalue weighted by atomic mass is 9.96. The van der Waals surface area contributed by atoms with Gasteiger partial charge in [-0.1, -0.05) is 53.5 Å². The number of nitrogens with one attached hydrogen (secondary N) is 1. The van der Waals surface area contributed by atoms with Crippen molar-refractivity contribution in [2.45, 2.75) is 38.6 Å². The lowest BCUT2D eigenvalue weighted by Gasteiger charge is -2.26. The Hall–Kier alpha value is -2.54. The van der Waals surface area contributed by atoms with Gasteiger partial charge in [0.25, 0.3) is 10.0 Å². The van der Waals surface area contributed by atoms with Crippen LogP contribution in [0.5, 0.6) is 0 Å². The van der Waals surface area contributed by atoms with Crippen LogP contribution >= 0.6 is 23.2 Å². The summed E-state index contributed by atoms with van der Waals surface area (Å²) in [6.45, 7) is 7.46. The van der Waals surface area contributed by atoms with Gasteiger partial charge in [-0.15, -0.1) is 0 Å². The zero-order valence-corrected chi connectivity index (χ0v) is 21.2. The van der Waals surface area contributed by atoms with Crippen molar-refractivity contribution in [3.05, 3.63) is 93.0 Å². The van der Waals surface area contributed by atoms with Crippen molar-refractivity contribution in [2.75, 3.05) is 10.8 Å². The summed E-state index contributed by atoms with van der Waals surface area (Å²) in [6, 6.07) is 16.2. The van der Waals surface area contributed by atoms with Gasteiger partial charge in [-0.2, -0.15) is 0 Å². The second-order valence-corrected chi connectivity index (χ2v) is 10.7. The first-order valence-electron chi connectivity index (χ1n) is 10.4. The highest BCUT2D eigenvalue weighted by Crippen LogP contribution is 2.33. The number of nitrogens with zero attached hydrogens (tertiary/aromatic N) is 1. The summed E-state index contributed by atoms with van der Waals surface area (Å²) >= 11 is 12.4. The third-order valence-electron chi connectivity index (χ3n) is 5.52. The van der Waals surface area contributed by atoms with Crippen molar-refractivity contribution in [3.63, 3.8) is 0 Å². The highest BCUT2D eigenvalue weighted by molar-refractivity contribution is 7.92. The molecule has 0 heterocycles. The van der Waals surface area contributed by atoms with Crippen LogP contribution in [0, 0.1) is 20.8 Å². The molecule has 3 rings (SSSR count). The van der Waals surface area contributed by atoms with Gasteiger partial charge in [0.2, 0.25) is 5.91 Å². The second-order valence-electron chi connectivity index (χ2n) is 8.00. The van der Waals surface area contributed by atoms with E-state index in [1.807, 2.05) is 33.8 Å². The fraction of sp³-hybridized carbons (Fsp3) is 0.240. The Kier molecular flexibility index (Phi) is 7.73. The SMILES string of the molecule is Cc1cc(C)c([C@H](C)NC(=O)CN(c2cc(Cl)ccc2Cl)S(=O)(=O)c2ccccc2)cc1C. The third-order valence-corrected chi connectivity index (χ3v) is 7.85. The van der Waals surface area contributed by atoms with Crippen LogP contribution in [0.1, 0.15) is 35.2 Å². The first-order chi connectivity index (χ1) is 15.5. The summed E-state index contributed by atoms with van der Waals surface area (Å²) < 4.78 is 27.9. The molecular formula is C25H26Cl2N2O3S. The number of halogens is 2. The minimum Gasteiger partial charge on any atom is -0.348 e. The number of hydrogen-bond donors (Lipinski definition) is 1. The number of hydrogen-bond acceptors (Lipinski definition) is 3. The van der Waals surface area contributed by atoms with Gasteiger partial charge in [-0.25, -0.2) is 8.42 Å². The Balaban J connectivity index is 1.94. The molecule has 33 heavy (non-hydrogen) atoms. The number of sulfonamides is 1. The first kappa shape index (κ1) is 25.1. The van der Waals surface area contributed by atoms with Crippen molar-refractivity contribution in [2.24, 2.45) is 0 Å². The number of aryl methyl sites for hydroxylation is 3. The molecule has 8 heteroatoms. The van der Waals surface area contributed by atoms with Crippen molar-refractivity contribution >= 4 is 44.8 Å². The molecule has 5 nitrogen and oxygen atoms in total. The molecule has 0 saturated carbocycles. The van der Waals surface area contributed by atoms with Crippen LogP contribution in [-0.2, 0) is 14.8 Å². The molecule has 3 aromatic carbocycles. The van der Waals surface area contributed by atoms with Crippen LogP contribution in [0.2, 0.25) is 10.0 Å². The van der Waals surface area contributed by atoms with E-state index in [4.69, 9.17) is 23.2 Å². The summed E-state index contributed by atoms with van der Waals surface area (Å²) in [5.41, 5.74) is 4.46. The molecule has 0 aliphatic rings. The van der Waals surface area contributed by atoms with Gasteiger partial charge >= 0.3 is 0 Å². The molecule has 3 aromatic rings. The van der Waals surface area contributed by atoms with Crippen LogP contribution in [0.15, 0.2) is 65.6 Å². The van der Waals surface area contributed by atoms with Gasteiger partial charge in [0.05, 0.1) is 21.6 Å². The van der Waals surface area contributed by atoms with E-state index in [1.165, 1.54) is 29.8 Å². The van der Waals surface area contributed by atoms with E-state index in [0.717, 1.165) is 21.0 Å². The van der Waals surface area contributed by atoms with Crippen molar-refractivity contribution in [1.82, 2.24) is 5.32 Å². The Morgan fingerprint density at radius 2 is 1.58 bits per heavy atom. The fourth-order valence-corrected chi connectivity index (χ4v) is 5.53. The lowest BCUT2D eigenvalue weighted by molar-refractivity contribution is -0.120. The number of carbonyl (C=O) groups is 1. The molecule has 0 aliphatic heterocycles. The van der Waals surface area contributed by atoms with Crippen molar-refractivity contribution in [1.29, 1.82) is 0 Å². The van der Waals surface area contributed by atoms with Gasteiger partial charge < -0.3 is 5.32 Å². The van der Waals surface area contributed by atoms with Crippen molar-refractivity contribution in [3.8, 4) is 0 Å². The monoisotopic (exact) mass is 504 g/mol. The highest BCUT2D eigenvalue weighted by atomic mass is 35.5. The number of rotatable bonds is 7. The lowest BCUT2D eigenvalue weighted by Crippen LogP contribution is -2.41. The first-order valence-corrected chi connectivity index (χ1v) is 12.6. The quantitative estimate of drug-likeness (QED) is 0.429. The molecule has 1 atom stereocenters. The molecule has 0 unspecified atom stereocenters. The summed E-state index contributed by atoms with van der Waals surface area (Å²) in [5, 5.41) is 3.40. The van der Waals surface area contributed by atoms with Crippen molar-refractivity contribution < 1.29 is 13.2 Å². The Bertz CT molecular complexity index is 1280. The average Bonchev–Trinajstić information content (AvgIpc) is 2.76. The molecule has 0 bridgehead atoms. The molecule has 0 fully saturated rings. The third kappa shape index (κ3) is 5.69. The maximum absolute atomic E-state index is 13.5. The fourth-order valence-electron chi connectivity index (χ4n) is 3.64. The second kappa shape index (κ2) is 10.2. The van der Waals surface area contributed by atoms with Crippen LogP contribution < -0.4 is 9.62 Å². The summed E-state index contributed by atoms with van der Waals surface area (Å²) in [6.07, 6.45) is 0. The molecule has 0 radical (unpaired) electrons.